The second kappa shape index (κ2) is 6.41. The van der Waals surface area contributed by atoms with Crippen LogP contribution in [0.2, 0.25) is 5.02 Å². The number of benzene rings is 1. The number of rotatable bonds is 5. The van der Waals surface area contributed by atoms with Crippen LogP contribution in [-0.2, 0) is 6.54 Å². The van der Waals surface area contributed by atoms with E-state index in [1.54, 1.807) is 12.1 Å². The van der Waals surface area contributed by atoms with Gasteiger partial charge < -0.3 is 5.32 Å². The summed E-state index contributed by atoms with van der Waals surface area (Å²) in [6.45, 7) is 1.41. The van der Waals surface area contributed by atoms with Crippen molar-refractivity contribution in [3.05, 3.63) is 38.9 Å². The lowest BCUT2D eigenvalue weighted by Crippen LogP contribution is -2.22. The Labute approximate surface area is 115 Å². The smallest absolute Gasteiger partial charge is 0.273 e. The fraction of sp³-hybridized carbons (Fsp3) is 0.500. The molecule has 6 heteroatoms. The highest BCUT2D eigenvalue weighted by Gasteiger charge is 2.17. The zero-order valence-corrected chi connectivity index (χ0v) is 11.5. The van der Waals surface area contributed by atoms with Crippen molar-refractivity contribution in [2.24, 2.45) is 5.92 Å². The van der Waals surface area contributed by atoms with Crippen molar-refractivity contribution in [2.75, 3.05) is 18.1 Å². The molecule has 1 N–H and O–H groups in total. The first kappa shape index (κ1) is 13.6. The Balaban J connectivity index is 1.94. The molecule has 18 heavy (non-hydrogen) atoms. The molecule has 1 fully saturated rings. The fourth-order valence-electron chi connectivity index (χ4n) is 2.03. The maximum absolute atomic E-state index is 10.9. The summed E-state index contributed by atoms with van der Waals surface area (Å²) in [5, 5.41) is 14.7. The number of nitrogens with zero attached hydrogens (tertiary/aromatic N) is 1. The third-order valence-electron chi connectivity index (χ3n) is 3.01. The molecule has 2 rings (SSSR count). The van der Waals surface area contributed by atoms with Gasteiger partial charge in [-0.05, 0) is 42.5 Å². The van der Waals surface area contributed by atoms with Gasteiger partial charge in [0.2, 0.25) is 0 Å². The van der Waals surface area contributed by atoms with Crippen LogP contribution >= 0.6 is 23.4 Å². The predicted octanol–water partition coefficient (Wildman–Crippen LogP) is 3.09. The molecule has 1 atom stereocenters. The first-order valence-corrected chi connectivity index (χ1v) is 7.41. The molecular formula is C12H15ClN2O2S. The minimum Gasteiger partial charge on any atom is -0.312 e. The summed E-state index contributed by atoms with van der Waals surface area (Å²) in [4.78, 5) is 10.5. The standard InChI is InChI=1S/C12H15ClN2O2S/c13-11-1-2-12(15(16)17)10(5-11)7-14-6-9-3-4-18-8-9/h1-2,5,9,14H,3-4,6-8H2. The minimum absolute atomic E-state index is 0.132. The second-order valence-electron chi connectivity index (χ2n) is 4.39. The molecule has 1 unspecified atom stereocenters. The normalized spacial score (nSPS) is 19.1. The maximum atomic E-state index is 10.9. The Morgan fingerprint density at radius 3 is 3.06 bits per heavy atom. The van der Waals surface area contributed by atoms with Gasteiger partial charge in [-0.3, -0.25) is 10.1 Å². The van der Waals surface area contributed by atoms with Gasteiger partial charge in [0.15, 0.2) is 0 Å². The van der Waals surface area contributed by atoms with Crippen molar-refractivity contribution < 1.29 is 4.92 Å². The number of nitro groups is 1. The van der Waals surface area contributed by atoms with Gasteiger partial charge in [0.05, 0.1) is 4.92 Å². The van der Waals surface area contributed by atoms with Crippen LogP contribution in [0.3, 0.4) is 0 Å². The van der Waals surface area contributed by atoms with Crippen molar-refractivity contribution in [1.29, 1.82) is 0 Å². The average molecular weight is 287 g/mol. The van der Waals surface area contributed by atoms with Gasteiger partial charge in [-0.1, -0.05) is 11.6 Å². The van der Waals surface area contributed by atoms with E-state index in [0.717, 1.165) is 6.54 Å². The summed E-state index contributed by atoms with van der Waals surface area (Å²) in [5.41, 5.74) is 0.783. The molecule has 0 amide bonds. The Hall–Kier alpha value is -0.780. The Morgan fingerprint density at radius 1 is 1.56 bits per heavy atom. The average Bonchev–Trinajstić information content (AvgIpc) is 2.82. The Kier molecular flexibility index (Phi) is 4.86. The summed E-state index contributed by atoms with van der Waals surface area (Å²) in [6.07, 6.45) is 1.23. The molecule has 1 saturated heterocycles. The van der Waals surface area contributed by atoms with E-state index in [4.69, 9.17) is 11.6 Å². The largest absolute Gasteiger partial charge is 0.312 e. The molecule has 1 aliphatic heterocycles. The van der Waals surface area contributed by atoms with Gasteiger partial charge in [0.25, 0.3) is 5.69 Å². The number of thioether (sulfide) groups is 1. The number of nitro benzene ring substituents is 1. The Bertz CT molecular complexity index is 436. The third-order valence-corrected chi connectivity index (χ3v) is 4.48. The van der Waals surface area contributed by atoms with Crippen molar-refractivity contribution in [2.45, 2.75) is 13.0 Å². The van der Waals surface area contributed by atoms with E-state index >= 15 is 0 Å². The lowest BCUT2D eigenvalue weighted by atomic mass is 10.1. The van der Waals surface area contributed by atoms with Crippen LogP contribution in [-0.4, -0.2) is 23.0 Å². The van der Waals surface area contributed by atoms with Gasteiger partial charge in [-0.25, -0.2) is 0 Å². The Morgan fingerprint density at radius 2 is 2.39 bits per heavy atom. The monoisotopic (exact) mass is 286 g/mol. The molecule has 0 aliphatic carbocycles. The maximum Gasteiger partial charge on any atom is 0.273 e. The lowest BCUT2D eigenvalue weighted by Gasteiger charge is -2.10. The second-order valence-corrected chi connectivity index (χ2v) is 5.98. The molecule has 1 heterocycles. The topological polar surface area (TPSA) is 55.2 Å². The van der Waals surface area contributed by atoms with E-state index in [1.807, 2.05) is 11.8 Å². The van der Waals surface area contributed by atoms with Crippen LogP contribution in [0.5, 0.6) is 0 Å². The summed E-state index contributed by atoms with van der Waals surface area (Å²) in [5.74, 6) is 3.10. The summed E-state index contributed by atoms with van der Waals surface area (Å²) < 4.78 is 0. The van der Waals surface area contributed by atoms with Crippen LogP contribution < -0.4 is 5.32 Å². The SMILES string of the molecule is O=[N+]([O-])c1ccc(Cl)cc1CNCC1CCSC1. The van der Waals surface area contributed by atoms with Gasteiger partial charge in [-0.15, -0.1) is 0 Å². The van der Waals surface area contributed by atoms with Gasteiger partial charge >= 0.3 is 0 Å². The molecule has 1 aromatic rings. The molecule has 1 aromatic carbocycles. The third kappa shape index (κ3) is 3.60. The van der Waals surface area contributed by atoms with Crippen LogP contribution in [0, 0.1) is 16.0 Å². The van der Waals surface area contributed by atoms with E-state index in [2.05, 4.69) is 5.32 Å². The molecule has 0 radical (unpaired) electrons. The van der Waals surface area contributed by atoms with E-state index < -0.39 is 0 Å². The summed E-state index contributed by atoms with van der Waals surface area (Å²) in [7, 11) is 0. The number of hydrogen-bond acceptors (Lipinski definition) is 4. The first-order chi connectivity index (χ1) is 8.66. The highest BCUT2D eigenvalue weighted by atomic mass is 35.5. The van der Waals surface area contributed by atoms with Gasteiger partial charge in [0, 0.05) is 23.2 Å². The summed E-state index contributed by atoms with van der Waals surface area (Å²) in [6, 6.07) is 4.68. The molecule has 0 saturated carbocycles. The summed E-state index contributed by atoms with van der Waals surface area (Å²) >= 11 is 7.84. The predicted molar refractivity (Wildman–Crippen MR) is 75.2 cm³/mol. The van der Waals surface area contributed by atoms with Crippen molar-refractivity contribution >= 4 is 29.1 Å². The van der Waals surface area contributed by atoms with E-state index in [9.17, 15) is 10.1 Å². The van der Waals surface area contributed by atoms with Crippen molar-refractivity contribution in [3.63, 3.8) is 0 Å². The van der Waals surface area contributed by atoms with Gasteiger partial charge in [0.1, 0.15) is 0 Å². The molecule has 0 aromatic heterocycles. The number of halogens is 1. The molecule has 1 aliphatic rings. The van der Waals surface area contributed by atoms with Crippen molar-refractivity contribution in [3.8, 4) is 0 Å². The van der Waals surface area contributed by atoms with E-state index in [-0.39, 0.29) is 10.6 Å². The molecule has 0 bridgehead atoms. The number of nitrogens with one attached hydrogen (secondary N) is 1. The van der Waals surface area contributed by atoms with E-state index in [1.165, 1.54) is 24.0 Å². The van der Waals surface area contributed by atoms with Gasteiger partial charge in [-0.2, -0.15) is 11.8 Å². The van der Waals surface area contributed by atoms with Crippen molar-refractivity contribution in [1.82, 2.24) is 5.32 Å². The van der Waals surface area contributed by atoms with Crippen LogP contribution in [0.25, 0.3) is 0 Å². The lowest BCUT2D eigenvalue weighted by molar-refractivity contribution is -0.385. The van der Waals surface area contributed by atoms with Crippen LogP contribution in [0.1, 0.15) is 12.0 Å². The fourth-order valence-corrected chi connectivity index (χ4v) is 3.51. The zero-order chi connectivity index (χ0) is 13.0. The number of hydrogen-bond donors (Lipinski definition) is 1. The quantitative estimate of drug-likeness (QED) is 0.667. The van der Waals surface area contributed by atoms with Crippen LogP contribution in [0.15, 0.2) is 18.2 Å². The highest BCUT2D eigenvalue weighted by molar-refractivity contribution is 7.99. The van der Waals surface area contributed by atoms with Crippen LogP contribution in [0.4, 0.5) is 5.69 Å². The van der Waals surface area contributed by atoms with E-state index in [0.29, 0.717) is 23.0 Å². The molecular weight excluding hydrogens is 272 g/mol. The first-order valence-electron chi connectivity index (χ1n) is 5.88. The zero-order valence-electron chi connectivity index (χ0n) is 9.89. The minimum atomic E-state index is -0.362. The molecule has 4 nitrogen and oxygen atoms in total. The highest BCUT2D eigenvalue weighted by Crippen LogP contribution is 2.24. The molecule has 0 spiro atoms. The molecule has 98 valence electrons.